The number of carbonyl (C=O) groups excluding carboxylic acids is 2. The predicted octanol–water partition coefficient (Wildman–Crippen LogP) is 6.05. The number of hydrogen-bond acceptors (Lipinski definition) is 5. The maximum Gasteiger partial charge on any atom is 0.416 e. The molecule has 0 spiro atoms. The van der Waals surface area contributed by atoms with Gasteiger partial charge in [-0.15, -0.1) is 0 Å². The number of likely N-dealkylation sites (tertiary alicyclic amines) is 1. The highest BCUT2D eigenvalue weighted by molar-refractivity contribution is 6.30. The fourth-order valence-electron chi connectivity index (χ4n) is 4.82. The lowest BCUT2D eigenvalue weighted by atomic mass is 9.87. The normalized spacial score (nSPS) is 20.1. The molecule has 2 amide bonds. The summed E-state index contributed by atoms with van der Waals surface area (Å²) in [5.74, 6) is 0. The van der Waals surface area contributed by atoms with Crippen molar-refractivity contribution in [3.05, 3.63) is 52.3 Å². The Hall–Kier alpha value is -2.95. The van der Waals surface area contributed by atoms with E-state index >= 15 is 0 Å². The van der Waals surface area contributed by atoms with Crippen molar-refractivity contribution in [3.63, 3.8) is 0 Å². The summed E-state index contributed by atoms with van der Waals surface area (Å²) < 4.78 is 50.7. The minimum Gasteiger partial charge on any atom is -0.453 e. The number of rotatable bonds is 7. The molecule has 1 aromatic heterocycles. The van der Waals surface area contributed by atoms with Gasteiger partial charge in [0.15, 0.2) is 0 Å². The maximum absolute atomic E-state index is 13.4. The van der Waals surface area contributed by atoms with Crippen molar-refractivity contribution in [2.75, 3.05) is 7.11 Å². The molecule has 0 aliphatic carbocycles. The molecule has 1 N–H and O–H groups in total. The summed E-state index contributed by atoms with van der Waals surface area (Å²) in [5, 5.41) is 6.81. The number of benzene rings is 1. The van der Waals surface area contributed by atoms with Gasteiger partial charge in [-0.3, -0.25) is 5.10 Å². The van der Waals surface area contributed by atoms with Gasteiger partial charge in [-0.05, 0) is 62.9 Å². The third kappa shape index (κ3) is 7.30. The minimum atomic E-state index is -4.58. The van der Waals surface area contributed by atoms with Gasteiger partial charge in [0.25, 0.3) is 0 Å². The van der Waals surface area contributed by atoms with Crippen LogP contribution in [0.1, 0.15) is 56.9 Å². The molecule has 1 saturated heterocycles. The number of piperidine rings is 1. The SMILES string of the molecule is CC[C@@H]1C[C@H](N(Cc2cc(Cl)cc(C(F)(F)F)c2)C(=O)OC)C[C@H](Cc2ccn[nH]2)N1C(=O)OC(C)C. The van der Waals surface area contributed by atoms with Crippen LogP contribution < -0.4 is 0 Å². The Morgan fingerprint density at radius 1 is 1.24 bits per heavy atom. The molecule has 3 atom stereocenters. The number of aromatic amines is 1. The zero-order valence-electron chi connectivity index (χ0n) is 21.2. The highest BCUT2D eigenvalue weighted by Crippen LogP contribution is 2.35. The van der Waals surface area contributed by atoms with Crippen LogP contribution in [-0.4, -0.2) is 63.5 Å². The summed E-state index contributed by atoms with van der Waals surface area (Å²) in [4.78, 5) is 29.1. The highest BCUT2D eigenvalue weighted by Gasteiger charge is 2.42. The van der Waals surface area contributed by atoms with Crippen molar-refractivity contribution in [3.8, 4) is 0 Å². The third-order valence-electron chi connectivity index (χ3n) is 6.40. The molecule has 1 fully saturated rings. The Labute approximate surface area is 219 Å². The van der Waals surface area contributed by atoms with Crippen LogP contribution in [0.2, 0.25) is 5.02 Å². The van der Waals surface area contributed by atoms with Gasteiger partial charge >= 0.3 is 18.4 Å². The Bertz CT molecular complexity index is 1060. The zero-order valence-corrected chi connectivity index (χ0v) is 22.0. The Morgan fingerprint density at radius 2 is 1.95 bits per heavy atom. The van der Waals surface area contributed by atoms with Crippen LogP contribution in [0.5, 0.6) is 0 Å². The summed E-state index contributed by atoms with van der Waals surface area (Å²) in [7, 11) is 1.23. The van der Waals surface area contributed by atoms with E-state index in [2.05, 4.69) is 10.2 Å². The molecule has 8 nitrogen and oxygen atoms in total. The fraction of sp³-hybridized carbons (Fsp3) is 0.560. The van der Waals surface area contributed by atoms with E-state index in [1.807, 2.05) is 6.92 Å². The van der Waals surface area contributed by atoms with E-state index in [-0.39, 0.29) is 35.3 Å². The molecule has 12 heteroatoms. The summed E-state index contributed by atoms with van der Waals surface area (Å²) in [5.41, 5.74) is 0.136. The first-order valence-electron chi connectivity index (χ1n) is 12.1. The second-order valence-electron chi connectivity index (χ2n) is 9.41. The monoisotopic (exact) mass is 544 g/mol. The molecular formula is C25H32ClF3N4O4. The molecule has 2 heterocycles. The van der Waals surface area contributed by atoms with E-state index in [1.165, 1.54) is 18.1 Å². The number of hydrogen-bond donors (Lipinski definition) is 1. The van der Waals surface area contributed by atoms with Gasteiger partial charge in [-0.1, -0.05) is 18.5 Å². The van der Waals surface area contributed by atoms with Gasteiger partial charge in [0, 0.05) is 48.0 Å². The van der Waals surface area contributed by atoms with Crippen molar-refractivity contribution in [1.82, 2.24) is 20.0 Å². The van der Waals surface area contributed by atoms with Gasteiger partial charge in [0.2, 0.25) is 0 Å². The Morgan fingerprint density at radius 3 is 2.51 bits per heavy atom. The number of methoxy groups -OCH3 is 1. The number of ether oxygens (including phenoxy) is 2. The molecule has 0 saturated carbocycles. The smallest absolute Gasteiger partial charge is 0.416 e. The van der Waals surface area contributed by atoms with E-state index in [4.69, 9.17) is 21.1 Å². The lowest BCUT2D eigenvalue weighted by Crippen LogP contribution is -2.58. The number of alkyl halides is 3. The van der Waals surface area contributed by atoms with E-state index < -0.39 is 30.0 Å². The number of aromatic nitrogens is 2. The number of nitrogens with one attached hydrogen (secondary N) is 1. The average Bonchev–Trinajstić information content (AvgIpc) is 3.33. The lowest BCUT2D eigenvalue weighted by molar-refractivity contribution is -0.137. The molecule has 0 unspecified atom stereocenters. The van der Waals surface area contributed by atoms with Crippen molar-refractivity contribution >= 4 is 23.8 Å². The van der Waals surface area contributed by atoms with E-state index in [0.717, 1.165) is 17.8 Å². The minimum absolute atomic E-state index is 0.0792. The first-order chi connectivity index (χ1) is 17.4. The molecule has 204 valence electrons. The van der Waals surface area contributed by atoms with Crippen molar-refractivity contribution < 1.29 is 32.2 Å². The molecular weight excluding hydrogens is 513 g/mol. The quantitative estimate of drug-likeness (QED) is 0.458. The number of carbonyl (C=O) groups is 2. The van der Waals surface area contributed by atoms with Gasteiger partial charge < -0.3 is 19.3 Å². The Kier molecular flexibility index (Phi) is 9.33. The summed E-state index contributed by atoms with van der Waals surface area (Å²) in [6.45, 7) is 5.35. The van der Waals surface area contributed by atoms with Gasteiger partial charge in [-0.2, -0.15) is 18.3 Å². The number of H-pyrrole nitrogens is 1. The highest BCUT2D eigenvalue weighted by atomic mass is 35.5. The summed E-state index contributed by atoms with van der Waals surface area (Å²) >= 11 is 5.98. The van der Waals surface area contributed by atoms with Crippen LogP contribution in [0, 0.1) is 0 Å². The zero-order chi connectivity index (χ0) is 27.3. The molecule has 0 radical (unpaired) electrons. The molecule has 2 aromatic rings. The molecule has 3 rings (SSSR count). The van der Waals surface area contributed by atoms with Crippen LogP contribution in [0.4, 0.5) is 22.8 Å². The van der Waals surface area contributed by atoms with Crippen LogP contribution in [0.3, 0.4) is 0 Å². The third-order valence-corrected chi connectivity index (χ3v) is 6.61. The molecule has 1 aromatic carbocycles. The summed E-state index contributed by atoms with van der Waals surface area (Å²) in [6.07, 6.45) is -2.60. The molecule has 37 heavy (non-hydrogen) atoms. The molecule has 1 aliphatic rings. The second kappa shape index (κ2) is 12.1. The predicted molar refractivity (Wildman–Crippen MR) is 131 cm³/mol. The Balaban J connectivity index is 1.95. The van der Waals surface area contributed by atoms with Crippen molar-refractivity contribution in [1.29, 1.82) is 0 Å². The molecule has 1 aliphatic heterocycles. The maximum atomic E-state index is 13.4. The number of amides is 2. The van der Waals surface area contributed by atoms with E-state index in [9.17, 15) is 22.8 Å². The first kappa shape index (κ1) is 28.6. The van der Waals surface area contributed by atoms with Gasteiger partial charge in [0.1, 0.15) is 0 Å². The largest absolute Gasteiger partial charge is 0.453 e. The van der Waals surface area contributed by atoms with Crippen molar-refractivity contribution in [2.45, 2.75) is 83.4 Å². The van der Waals surface area contributed by atoms with Crippen LogP contribution in [0.25, 0.3) is 0 Å². The van der Waals surface area contributed by atoms with Crippen LogP contribution >= 0.6 is 11.6 Å². The topological polar surface area (TPSA) is 87.8 Å². The average molecular weight is 545 g/mol. The van der Waals surface area contributed by atoms with Crippen LogP contribution in [0.15, 0.2) is 30.5 Å². The summed E-state index contributed by atoms with van der Waals surface area (Å²) in [6, 6.07) is 4.00. The standard InChI is InChI=1S/C25H32ClF3N4O4/c1-5-20-12-21(13-22(11-19-6-7-30-31-19)33(20)24(35)37-15(2)3)32(23(34)36-4)14-16-8-17(25(27,28)29)10-18(26)9-16/h6-10,15,20-22H,5,11-14H2,1-4H3,(H,30,31)/t20-,21+,22+/m1/s1. The number of nitrogens with zero attached hydrogens (tertiary/aromatic N) is 3. The van der Waals surface area contributed by atoms with E-state index in [1.54, 1.807) is 31.0 Å². The van der Waals surface area contributed by atoms with Gasteiger partial charge in [-0.25, -0.2) is 9.59 Å². The molecule has 0 bridgehead atoms. The fourth-order valence-corrected chi connectivity index (χ4v) is 5.08. The van der Waals surface area contributed by atoms with Gasteiger partial charge in [0.05, 0.1) is 18.8 Å². The lowest BCUT2D eigenvalue weighted by Gasteiger charge is -2.47. The van der Waals surface area contributed by atoms with Crippen LogP contribution in [-0.2, 0) is 28.6 Å². The van der Waals surface area contributed by atoms with E-state index in [0.29, 0.717) is 25.7 Å². The van der Waals surface area contributed by atoms with Crippen molar-refractivity contribution in [2.24, 2.45) is 0 Å². The number of halogens is 4. The second-order valence-corrected chi connectivity index (χ2v) is 9.85. The first-order valence-corrected chi connectivity index (χ1v) is 12.5.